The zero-order valence-corrected chi connectivity index (χ0v) is 18.6. The molecule has 3 nitrogen and oxygen atoms in total. The third-order valence-electron chi connectivity index (χ3n) is 5.24. The first-order valence-corrected chi connectivity index (χ1v) is 21.1. The van der Waals surface area contributed by atoms with E-state index in [4.69, 9.17) is 13.3 Å². The van der Waals surface area contributed by atoms with E-state index in [1.54, 1.807) is 0 Å². The Morgan fingerprint density at radius 2 is 0.895 bits per heavy atom. The van der Waals surface area contributed by atoms with Crippen molar-refractivity contribution < 1.29 is 13.3 Å². The molecule has 0 aliphatic carbocycles. The van der Waals surface area contributed by atoms with Crippen molar-refractivity contribution in [2.75, 3.05) is 21.3 Å². The van der Waals surface area contributed by atoms with Gasteiger partial charge in [-0.1, -0.05) is 19.4 Å². The van der Waals surface area contributed by atoms with E-state index < -0.39 is 30.1 Å². The van der Waals surface area contributed by atoms with Gasteiger partial charge in [0.1, 0.15) is 6.63 Å². The summed E-state index contributed by atoms with van der Waals surface area (Å²) in [5.41, 5.74) is 0. The Balaban J connectivity index is 6.22. The van der Waals surface area contributed by atoms with Gasteiger partial charge in [-0.15, -0.1) is 0 Å². The largest absolute Gasteiger partial charge is 0.423 e. The fourth-order valence-electron chi connectivity index (χ4n) is 3.98. The molecule has 0 bridgehead atoms. The zero-order valence-electron chi connectivity index (χ0n) is 14.6. The molecular weight excluding hydrogens is 304 g/mol. The highest BCUT2D eigenvalue weighted by Crippen LogP contribution is 2.41. The van der Waals surface area contributed by atoms with Crippen LogP contribution in [-0.2, 0) is 13.3 Å². The number of hydrogen-bond acceptors (Lipinski definition) is 3. The molecule has 0 fully saturated rings. The van der Waals surface area contributed by atoms with Crippen LogP contribution in [0, 0.1) is 0 Å². The molecule has 0 amide bonds. The van der Waals surface area contributed by atoms with E-state index in [1.807, 2.05) is 21.3 Å². The maximum absolute atomic E-state index is 6.14. The minimum absolute atomic E-state index is 1.21. The Labute approximate surface area is 123 Å². The van der Waals surface area contributed by atoms with Gasteiger partial charge in [0.25, 0.3) is 0 Å². The highest BCUT2D eigenvalue weighted by molar-refractivity contribution is 7.87. The molecule has 0 saturated carbocycles. The van der Waals surface area contributed by atoms with Gasteiger partial charge in [-0.3, -0.25) is 0 Å². The van der Waals surface area contributed by atoms with Gasteiger partial charge in [0.05, 0.1) is 0 Å². The van der Waals surface area contributed by atoms with E-state index in [0.717, 1.165) is 0 Å². The van der Waals surface area contributed by atoms with E-state index in [-0.39, 0.29) is 0 Å². The van der Waals surface area contributed by atoms with Gasteiger partial charge in [-0.05, 0) is 39.3 Å². The monoisotopic (exact) mass is 338 g/mol. The van der Waals surface area contributed by atoms with Gasteiger partial charge in [-0.2, -0.15) is 0 Å². The molecule has 0 unspecified atom stereocenters. The van der Waals surface area contributed by atoms with Crippen LogP contribution in [0.15, 0.2) is 0 Å². The van der Waals surface area contributed by atoms with Crippen LogP contribution in [0.5, 0.6) is 0 Å². The highest BCUT2D eigenvalue weighted by Gasteiger charge is 2.69. The van der Waals surface area contributed by atoms with Crippen LogP contribution in [0.2, 0.25) is 45.3 Å². The molecule has 116 valence electrons. The molecule has 0 spiro atoms. The van der Waals surface area contributed by atoms with Crippen molar-refractivity contribution in [3.63, 3.8) is 0 Å². The molecule has 0 aromatic rings. The Morgan fingerprint density at radius 3 is 1.05 bits per heavy atom. The second-order valence-electron chi connectivity index (χ2n) is 6.80. The second-order valence-corrected chi connectivity index (χ2v) is 42.4. The van der Waals surface area contributed by atoms with Gasteiger partial charge in [0.15, 0.2) is 23.5 Å². The van der Waals surface area contributed by atoms with Crippen molar-refractivity contribution in [3.8, 4) is 0 Å². The molecule has 0 aromatic heterocycles. The molecule has 0 saturated heterocycles. The summed E-state index contributed by atoms with van der Waals surface area (Å²) < 4.78 is 18.4. The Morgan fingerprint density at radius 1 is 0.632 bits per heavy atom. The molecule has 0 aromatic carbocycles. The predicted molar refractivity (Wildman–Crippen MR) is 94.3 cm³/mol. The van der Waals surface area contributed by atoms with Crippen molar-refractivity contribution in [1.29, 1.82) is 0 Å². The Hall–Kier alpha value is 0.748. The molecular formula is C12H34O3Si4. The smallest absolute Gasteiger partial charge is 0.174 e. The molecule has 0 heterocycles. The van der Waals surface area contributed by atoms with Crippen LogP contribution in [0.25, 0.3) is 0 Å². The number of rotatable bonds is 8. The van der Waals surface area contributed by atoms with Crippen molar-refractivity contribution in [2.24, 2.45) is 0 Å². The van der Waals surface area contributed by atoms with Gasteiger partial charge in [0.2, 0.25) is 0 Å². The minimum atomic E-state index is -1.78. The lowest BCUT2D eigenvalue weighted by Gasteiger charge is -2.56. The van der Waals surface area contributed by atoms with Crippen LogP contribution < -0.4 is 0 Å². The molecule has 19 heavy (non-hydrogen) atoms. The van der Waals surface area contributed by atoms with Crippen LogP contribution >= 0.6 is 0 Å². The van der Waals surface area contributed by atoms with Gasteiger partial charge in [-0.25, -0.2) is 0 Å². The van der Waals surface area contributed by atoms with Crippen molar-refractivity contribution in [2.45, 2.75) is 58.7 Å². The van der Waals surface area contributed by atoms with Crippen LogP contribution in [0.3, 0.4) is 0 Å². The number of hydrogen-bond donors (Lipinski definition) is 0. The first-order valence-electron chi connectivity index (χ1n) is 7.15. The average molecular weight is 339 g/mol. The maximum Gasteiger partial charge on any atom is 0.174 e. The fraction of sp³-hybridized carbons (Fsp3) is 1.00. The van der Waals surface area contributed by atoms with Gasteiger partial charge < -0.3 is 13.3 Å². The molecule has 0 rings (SSSR count). The first-order chi connectivity index (χ1) is 8.49. The van der Waals surface area contributed by atoms with E-state index in [9.17, 15) is 0 Å². The lowest BCUT2D eigenvalue weighted by Crippen LogP contribution is -2.86. The molecule has 0 atom stereocenters. The zero-order chi connectivity index (χ0) is 15.5. The van der Waals surface area contributed by atoms with Crippen molar-refractivity contribution >= 4 is 30.1 Å². The van der Waals surface area contributed by atoms with Gasteiger partial charge >= 0.3 is 0 Å². The lowest BCUT2D eigenvalue weighted by atomic mass is 10.6. The quantitative estimate of drug-likeness (QED) is 0.632. The Kier molecular flexibility index (Phi) is 6.94. The normalized spacial score (nSPS) is 14.8. The van der Waals surface area contributed by atoms with Crippen LogP contribution in [-0.4, -0.2) is 51.5 Å². The lowest BCUT2D eigenvalue weighted by molar-refractivity contribution is 0.401. The van der Waals surface area contributed by atoms with Crippen LogP contribution in [0.4, 0.5) is 0 Å². The average Bonchev–Trinajstić information content (AvgIpc) is 2.34. The summed E-state index contributed by atoms with van der Waals surface area (Å²) in [6.45, 7) is 15.0. The minimum Gasteiger partial charge on any atom is -0.423 e. The topological polar surface area (TPSA) is 27.7 Å². The predicted octanol–water partition coefficient (Wildman–Crippen LogP) is 3.63. The Bertz CT molecular complexity index is 252. The van der Waals surface area contributed by atoms with Crippen LogP contribution in [0.1, 0.15) is 13.3 Å². The first kappa shape index (κ1) is 19.7. The van der Waals surface area contributed by atoms with Crippen molar-refractivity contribution in [3.05, 3.63) is 0 Å². The summed E-state index contributed by atoms with van der Waals surface area (Å²) in [5.74, 6) is 0. The third kappa shape index (κ3) is 3.17. The molecule has 0 radical (unpaired) electrons. The molecule has 7 heteroatoms. The van der Waals surface area contributed by atoms with E-state index >= 15 is 0 Å². The summed E-state index contributed by atoms with van der Waals surface area (Å²) in [4.78, 5) is 0. The summed E-state index contributed by atoms with van der Waals surface area (Å²) in [5, 5.41) is 0. The van der Waals surface area contributed by atoms with E-state index in [2.05, 4.69) is 46.2 Å². The molecule has 0 aliphatic rings. The standard InChI is InChI=1S/C12H34O3Si4/c1-11-12-19(16(5,6)13-2,17(7,8)14-3)18(9,10)15-4/h11-12H2,1-10H3. The summed E-state index contributed by atoms with van der Waals surface area (Å²) in [6, 6.07) is 1.29. The highest BCUT2D eigenvalue weighted by atomic mass is 29.9. The van der Waals surface area contributed by atoms with E-state index in [0.29, 0.717) is 0 Å². The SMILES string of the molecule is CCC[Si]([Si](C)(C)OC)([Si](C)(C)OC)[Si](C)(C)OC. The van der Waals surface area contributed by atoms with E-state index in [1.165, 1.54) is 12.5 Å². The summed E-state index contributed by atoms with van der Waals surface area (Å²) in [7, 11) is 0.385. The maximum atomic E-state index is 6.14. The third-order valence-corrected chi connectivity index (χ3v) is 70.8. The van der Waals surface area contributed by atoms with Gasteiger partial charge in [0, 0.05) is 21.3 Å². The fourth-order valence-corrected chi connectivity index (χ4v) is 80.4. The van der Waals surface area contributed by atoms with Crippen molar-refractivity contribution in [1.82, 2.24) is 0 Å². The summed E-state index contributed by atoms with van der Waals surface area (Å²) >= 11 is 0. The molecule has 0 aliphatic heterocycles. The molecule has 0 N–H and O–H groups in total. The summed E-state index contributed by atoms with van der Waals surface area (Å²) in [6.07, 6.45) is 1.21. The second kappa shape index (κ2) is 6.67.